The molecule has 0 bridgehead atoms. The zero-order valence-electron chi connectivity index (χ0n) is 13.3. The number of hydrogen-bond donors (Lipinski definition) is 3. The first-order valence-corrected chi connectivity index (χ1v) is 8.06. The molecule has 2 amide bonds. The highest BCUT2D eigenvalue weighted by Gasteiger charge is 2.19. The molecule has 3 N–H and O–H groups in total. The molecular weight excluding hydrogens is 309 g/mol. The first kappa shape index (κ1) is 16.3. The van der Waals surface area contributed by atoms with Crippen LogP contribution < -0.4 is 16.0 Å². The number of nitrogens with one attached hydrogen (secondary N) is 3. The predicted molar refractivity (Wildman–Crippen MR) is 89.1 cm³/mol. The number of urea groups is 1. The Kier molecular flexibility index (Phi) is 5.32. The maximum atomic E-state index is 12.8. The van der Waals surface area contributed by atoms with Crippen LogP contribution in [0.4, 0.5) is 15.0 Å². The molecule has 0 spiro atoms. The van der Waals surface area contributed by atoms with Crippen molar-refractivity contribution in [2.75, 3.05) is 18.4 Å². The van der Waals surface area contributed by atoms with E-state index >= 15 is 0 Å². The molecule has 126 valence electrons. The minimum atomic E-state index is -0.318. The topological polar surface area (TPSA) is 78.9 Å². The van der Waals surface area contributed by atoms with Crippen LogP contribution in [-0.2, 0) is 6.42 Å². The Morgan fingerprint density at radius 3 is 2.88 bits per heavy atom. The van der Waals surface area contributed by atoms with Crippen molar-refractivity contribution in [1.29, 1.82) is 0 Å². The van der Waals surface area contributed by atoms with Crippen LogP contribution in [0.2, 0.25) is 0 Å². The Hall–Kier alpha value is -2.54. The molecular formula is C17H20FN5O. The van der Waals surface area contributed by atoms with Gasteiger partial charge in [-0.2, -0.15) is 0 Å². The summed E-state index contributed by atoms with van der Waals surface area (Å²) in [4.78, 5) is 20.6. The van der Waals surface area contributed by atoms with Crippen molar-refractivity contribution in [3.8, 4) is 0 Å². The van der Waals surface area contributed by atoms with Crippen LogP contribution in [0.25, 0.3) is 0 Å². The minimum absolute atomic E-state index is 0.160. The van der Waals surface area contributed by atoms with E-state index in [9.17, 15) is 9.18 Å². The van der Waals surface area contributed by atoms with E-state index in [2.05, 4.69) is 25.9 Å². The van der Waals surface area contributed by atoms with Gasteiger partial charge in [-0.25, -0.2) is 19.2 Å². The summed E-state index contributed by atoms with van der Waals surface area (Å²) in [6.07, 6.45) is 4.40. The maximum absolute atomic E-state index is 12.8. The number of halogens is 1. The molecule has 1 atom stereocenters. The van der Waals surface area contributed by atoms with Gasteiger partial charge in [-0.05, 0) is 49.6 Å². The monoisotopic (exact) mass is 329 g/mol. The Morgan fingerprint density at radius 2 is 2.12 bits per heavy atom. The van der Waals surface area contributed by atoms with Gasteiger partial charge >= 0.3 is 6.03 Å². The molecule has 6 nitrogen and oxygen atoms in total. The van der Waals surface area contributed by atoms with Gasteiger partial charge in [0, 0.05) is 12.7 Å². The van der Waals surface area contributed by atoms with Crippen molar-refractivity contribution in [2.24, 2.45) is 0 Å². The molecule has 1 aliphatic heterocycles. The van der Waals surface area contributed by atoms with Gasteiger partial charge in [-0.1, -0.05) is 12.1 Å². The molecule has 24 heavy (non-hydrogen) atoms. The molecule has 3 rings (SSSR count). The van der Waals surface area contributed by atoms with Crippen LogP contribution in [0.1, 0.15) is 30.3 Å². The van der Waals surface area contributed by atoms with Gasteiger partial charge in [0.05, 0.1) is 6.04 Å². The molecule has 1 saturated heterocycles. The van der Waals surface area contributed by atoms with E-state index in [-0.39, 0.29) is 17.9 Å². The van der Waals surface area contributed by atoms with Crippen molar-refractivity contribution >= 4 is 11.8 Å². The summed E-state index contributed by atoms with van der Waals surface area (Å²) >= 11 is 0. The molecule has 7 heteroatoms. The van der Waals surface area contributed by atoms with Crippen molar-refractivity contribution in [1.82, 2.24) is 20.6 Å². The van der Waals surface area contributed by atoms with Crippen molar-refractivity contribution in [3.63, 3.8) is 0 Å². The Balaban J connectivity index is 1.47. The molecule has 1 unspecified atom stereocenters. The summed E-state index contributed by atoms with van der Waals surface area (Å²) in [5.74, 6) is 0.922. The van der Waals surface area contributed by atoms with Gasteiger partial charge in [0.2, 0.25) is 0 Å². The van der Waals surface area contributed by atoms with Crippen LogP contribution in [0.5, 0.6) is 0 Å². The summed E-state index contributed by atoms with van der Waals surface area (Å²) in [7, 11) is 0. The highest BCUT2D eigenvalue weighted by atomic mass is 19.1. The number of aromatic nitrogens is 2. The van der Waals surface area contributed by atoms with Crippen molar-refractivity contribution in [2.45, 2.75) is 25.3 Å². The van der Waals surface area contributed by atoms with E-state index in [0.717, 1.165) is 24.9 Å². The second-order valence-electron chi connectivity index (χ2n) is 5.71. The lowest BCUT2D eigenvalue weighted by Crippen LogP contribution is -2.31. The van der Waals surface area contributed by atoms with Gasteiger partial charge < -0.3 is 10.6 Å². The number of amides is 2. The van der Waals surface area contributed by atoms with Crippen LogP contribution in [-0.4, -0.2) is 29.1 Å². The summed E-state index contributed by atoms with van der Waals surface area (Å²) in [6, 6.07) is 7.75. The Morgan fingerprint density at radius 1 is 1.29 bits per heavy atom. The van der Waals surface area contributed by atoms with Crippen LogP contribution in [0.3, 0.4) is 0 Å². The SMILES string of the molecule is O=C(NCCc1ccc(F)cc1)Nc1ccnc(C2CCCN2)n1. The zero-order valence-corrected chi connectivity index (χ0v) is 13.3. The number of anilines is 1. The van der Waals surface area contributed by atoms with E-state index in [0.29, 0.717) is 24.6 Å². The lowest BCUT2D eigenvalue weighted by molar-refractivity contribution is 0.252. The standard InChI is InChI=1S/C17H20FN5O/c18-13-5-3-12(4-6-13)7-10-21-17(24)23-15-8-11-20-16(22-15)14-2-1-9-19-14/h3-6,8,11,14,19H,1-2,7,9-10H2,(H2,20,21,22,23,24). The Labute approximate surface area is 139 Å². The zero-order chi connectivity index (χ0) is 16.8. The number of carbonyl (C=O) groups is 1. The van der Waals surface area contributed by atoms with E-state index in [4.69, 9.17) is 0 Å². The van der Waals surface area contributed by atoms with Crippen LogP contribution in [0.15, 0.2) is 36.5 Å². The summed E-state index contributed by atoms with van der Waals surface area (Å²) < 4.78 is 12.8. The molecule has 0 radical (unpaired) electrons. The molecule has 1 aromatic carbocycles. The minimum Gasteiger partial charge on any atom is -0.337 e. The van der Waals surface area contributed by atoms with Gasteiger partial charge in [-0.15, -0.1) is 0 Å². The highest BCUT2D eigenvalue weighted by molar-refractivity contribution is 5.88. The van der Waals surface area contributed by atoms with Crippen molar-refractivity contribution in [3.05, 3.63) is 53.7 Å². The summed E-state index contributed by atoms with van der Waals surface area (Å²) in [6.45, 7) is 1.43. The fourth-order valence-corrected chi connectivity index (χ4v) is 2.65. The third-order valence-electron chi connectivity index (χ3n) is 3.90. The van der Waals surface area contributed by atoms with E-state index in [1.54, 1.807) is 24.4 Å². The first-order chi connectivity index (χ1) is 11.7. The number of hydrogen-bond acceptors (Lipinski definition) is 4. The maximum Gasteiger partial charge on any atom is 0.320 e. The number of nitrogens with zero attached hydrogens (tertiary/aromatic N) is 2. The molecule has 2 aromatic rings. The largest absolute Gasteiger partial charge is 0.337 e. The van der Waals surface area contributed by atoms with Crippen LogP contribution in [0, 0.1) is 5.82 Å². The van der Waals surface area contributed by atoms with E-state index < -0.39 is 0 Å². The Bertz CT molecular complexity index is 686. The predicted octanol–water partition coefficient (Wildman–Crippen LogP) is 2.40. The van der Waals surface area contributed by atoms with E-state index in [1.165, 1.54) is 12.1 Å². The quantitative estimate of drug-likeness (QED) is 0.787. The van der Waals surface area contributed by atoms with Crippen molar-refractivity contribution < 1.29 is 9.18 Å². The third kappa shape index (κ3) is 4.48. The second-order valence-corrected chi connectivity index (χ2v) is 5.71. The molecule has 1 aliphatic rings. The second kappa shape index (κ2) is 7.83. The van der Waals surface area contributed by atoms with Gasteiger partial charge in [-0.3, -0.25) is 5.32 Å². The van der Waals surface area contributed by atoms with Gasteiger partial charge in [0.25, 0.3) is 0 Å². The fraction of sp³-hybridized carbons (Fsp3) is 0.353. The van der Waals surface area contributed by atoms with E-state index in [1.807, 2.05) is 0 Å². The normalized spacial score (nSPS) is 16.8. The average molecular weight is 329 g/mol. The van der Waals surface area contributed by atoms with Gasteiger partial charge in [0.15, 0.2) is 0 Å². The van der Waals surface area contributed by atoms with Crippen LogP contribution >= 0.6 is 0 Å². The molecule has 1 fully saturated rings. The fourth-order valence-electron chi connectivity index (χ4n) is 2.65. The molecule has 0 saturated carbocycles. The third-order valence-corrected chi connectivity index (χ3v) is 3.90. The average Bonchev–Trinajstić information content (AvgIpc) is 3.11. The number of rotatable bonds is 5. The highest BCUT2D eigenvalue weighted by Crippen LogP contribution is 2.20. The summed E-state index contributed by atoms with van der Waals surface area (Å²) in [5, 5.41) is 8.81. The number of carbonyl (C=O) groups excluding carboxylic acids is 1. The number of benzene rings is 1. The molecule has 0 aliphatic carbocycles. The molecule has 2 heterocycles. The molecule has 1 aromatic heterocycles. The van der Waals surface area contributed by atoms with Gasteiger partial charge in [0.1, 0.15) is 17.5 Å². The first-order valence-electron chi connectivity index (χ1n) is 8.06. The smallest absolute Gasteiger partial charge is 0.320 e. The lowest BCUT2D eigenvalue weighted by Gasteiger charge is -2.11. The summed E-state index contributed by atoms with van der Waals surface area (Å²) in [5.41, 5.74) is 0.966. The lowest BCUT2D eigenvalue weighted by atomic mass is 10.1.